The summed E-state index contributed by atoms with van der Waals surface area (Å²) in [6.07, 6.45) is 2.46. The van der Waals surface area contributed by atoms with Gasteiger partial charge in [0.15, 0.2) is 5.16 Å². The molecular formula is C20H28N4O2S. The molecule has 2 aromatic rings. The van der Waals surface area contributed by atoms with Gasteiger partial charge in [0, 0.05) is 41.6 Å². The van der Waals surface area contributed by atoms with Gasteiger partial charge in [0.05, 0.1) is 0 Å². The molecule has 1 amide bonds. The lowest BCUT2D eigenvalue weighted by Crippen LogP contribution is -2.30. The predicted octanol–water partition coefficient (Wildman–Crippen LogP) is 3.61. The molecule has 0 saturated heterocycles. The number of hydrogen-bond acceptors (Lipinski definition) is 5. The Bertz CT molecular complexity index is 831. The largest absolute Gasteiger partial charge is 0.369 e. The van der Waals surface area contributed by atoms with E-state index < -0.39 is 0 Å². The zero-order valence-corrected chi connectivity index (χ0v) is 17.4. The van der Waals surface area contributed by atoms with Crippen LogP contribution in [0.5, 0.6) is 0 Å². The summed E-state index contributed by atoms with van der Waals surface area (Å²) in [5.41, 5.74) is 2.96. The van der Waals surface area contributed by atoms with Crippen LogP contribution in [0.25, 0.3) is 0 Å². The van der Waals surface area contributed by atoms with E-state index in [1.807, 2.05) is 30.5 Å². The van der Waals surface area contributed by atoms with Crippen LogP contribution in [0, 0.1) is 6.92 Å². The van der Waals surface area contributed by atoms with Crippen LogP contribution < -0.4 is 15.8 Å². The van der Waals surface area contributed by atoms with Crippen molar-refractivity contribution in [3.63, 3.8) is 0 Å². The fourth-order valence-electron chi connectivity index (χ4n) is 3.02. The molecule has 27 heavy (non-hydrogen) atoms. The Hall–Kier alpha value is -2.28. The third-order valence-electron chi connectivity index (χ3n) is 4.44. The van der Waals surface area contributed by atoms with Crippen molar-refractivity contribution in [3.8, 4) is 0 Å². The van der Waals surface area contributed by atoms with E-state index in [4.69, 9.17) is 0 Å². The number of hydrogen-bond donors (Lipinski definition) is 2. The quantitative estimate of drug-likeness (QED) is 0.534. The molecule has 0 spiro atoms. The molecule has 0 bridgehead atoms. The number of thioether (sulfide) groups is 1. The van der Waals surface area contributed by atoms with E-state index in [1.165, 1.54) is 11.8 Å². The van der Waals surface area contributed by atoms with Crippen molar-refractivity contribution in [1.82, 2.24) is 9.97 Å². The van der Waals surface area contributed by atoms with Crippen molar-refractivity contribution in [2.24, 2.45) is 0 Å². The Morgan fingerprint density at radius 3 is 2.48 bits per heavy atom. The number of H-pyrrole nitrogens is 1. The molecule has 0 atom stereocenters. The highest BCUT2D eigenvalue weighted by molar-refractivity contribution is 7.98. The Morgan fingerprint density at radius 1 is 1.30 bits per heavy atom. The summed E-state index contributed by atoms with van der Waals surface area (Å²) < 4.78 is 0. The number of amides is 1. The first-order chi connectivity index (χ1) is 12.8. The second kappa shape index (κ2) is 9.60. The predicted molar refractivity (Wildman–Crippen MR) is 113 cm³/mol. The molecule has 0 aliphatic heterocycles. The third kappa shape index (κ3) is 5.60. The van der Waals surface area contributed by atoms with E-state index in [2.05, 4.69) is 41.0 Å². The molecule has 0 fully saturated rings. The number of nitrogens with zero attached hydrogens (tertiary/aromatic N) is 2. The second-order valence-corrected chi connectivity index (χ2v) is 7.41. The number of aromatic amines is 1. The van der Waals surface area contributed by atoms with Crippen LogP contribution in [-0.4, -0.2) is 34.7 Å². The number of carbonyl (C=O) groups excluding carboxylic acids is 1. The van der Waals surface area contributed by atoms with Crippen LogP contribution >= 0.6 is 11.8 Å². The molecule has 0 aliphatic rings. The lowest BCUT2D eigenvalue weighted by atomic mass is 10.1. The average Bonchev–Trinajstić information content (AvgIpc) is 2.62. The van der Waals surface area contributed by atoms with Gasteiger partial charge in [-0.3, -0.25) is 9.59 Å². The highest BCUT2D eigenvalue weighted by Crippen LogP contribution is 2.20. The summed E-state index contributed by atoms with van der Waals surface area (Å²) in [6, 6.07) is 8.26. The maximum Gasteiger partial charge on any atom is 0.254 e. The van der Waals surface area contributed by atoms with Crippen LogP contribution in [-0.2, 0) is 11.2 Å². The van der Waals surface area contributed by atoms with E-state index in [1.54, 1.807) is 6.92 Å². The molecule has 0 radical (unpaired) electrons. The molecule has 1 aromatic carbocycles. The number of anilines is 2. The summed E-state index contributed by atoms with van der Waals surface area (Å²) in [6.45, 7) is 9.17. The summed E-state index contributed by atoms with van der Waals surface area (Å²) >= 11 is 1.39. The topological polar surface area (TPSA) is 78.1 Å². The molecule has 1 heterocycles. The Labute approximate surface area is 164 Å². The molecule has 0 unspecified atom stereocenters. The minimum absolute atomic E-state index is 0.119. The van der Waals surface area contributed by atoms with Gasteiger partial charge in [-0.25, -0.2) is 4.98 Å². The number of nitrogens with one attached hydrogen (secondary N) is 2. The highest BCUT2D eigenvalue weighted by atomic mass is 32.2. The fourth-order valence-corrected chi connectivity index (χ4v) is 3.44. The van der Waals surface area contributed by atoms with Crippen molar-refractivity contribution in [3.05, 3.63) is 45.9 Å². The number of rotatable bonds is 8. The molecule has 0 saturated carbocycles. The molecule has 2 N–H and O–H groups in total. The first-order valence-corrected chi connectivity index (χ1v) is 10.4. The molecule has 146 valence electrons. The van der Waals surface area contributed by atoms with Crippen molar-refractivity contribution in [2.75, 3.05) is 23.0 Å². The molecule has 1 aromatic heterocycles. The molecular weight excluding hydrogens is 360 g/mol. The standard InChI is InChI=1S/C20H28N4O2S/c1-6-24(13(2)3)16-9-7-15(8-10-16)22-18(25)12-11-17-14(4)21-20(27-5)23-19(17)26/h7-10,13H,6,11-12H2,1-5H3,(H,22,25)(H,21,23,26). The van der Waals surface area contributed by atoms with E-state index >= 15 is 0 Å². The van der Waals surface area contributed by atoms with E-state index in [0.717, 1.165) is 17.9 Å². The third-order valence-corrected chi connectivity index (χ3v) is 5.02. The zero-order valence-electron chi connectivity index (χ0n) is 16.6. The maximum absolute atomic E-state index is 12.3. The van der Waals surface area contributed by atoms with Crippen LogP contribution in [0.4, 0.5) is 11.4 Å². The lowest BCUT2D eigenvalue weighted by Gasteiger charge is -2.27. The summed E-state index contributed by atoms with van der Waals surface area (Å²) in [7, 11) is 0. The number of carbonyl (C=O) groups is 1. The minimum atomic E-state index is -0.169. The second-order valence-electron chi connectivity index (χ2n) is 6.61. The van der Waals surface area contributed by atoms with Gasteiger partial charge in [0.25, 0.3) is 5.56 Å². The first kappa shape index (κ1) is 21.0. The monoisotopic (exact) mass is 388 g/mol. The smallest absolute Gasteiger partial charge is 0.254 e. The number of aryl methyl sites for hydroxylation is 1. The maximum atomic E-state index is 12.3. The summed E-state index contributed by atoms with van der Waals surface area (Å²) in [5, 5.41) is 3.48. The zero-order chi connectivity index (χ0) is 20.0. The van der Waals surface area contributed by atoms with Crippen molar-refractivity contribution < 1.29 is 4.79 Å². The van der Waals surface area contributed by atoms with Crippen LogP contribution in [0.3, 0.4) is 0 Å². The van der Waals surface area contributed by atoms with Gasteiger partial charge in [0.2, 0.25) is 5.91 Å². The molecule has 7 heteroatoms. The SMILES string of the molecule is CCN(c1ccc(NC(=O)CCc2c(C)nc(SC)[nH]c2=O)cc1)C(C)C. The minimum Gasteiger partial charge on any atom is -0.369 e. The Morgan fingerprint density at radius 2 is 1.96 bits per heavy atom. The molecule has 0 aliphatic carbocycles. The van der Waals surface area contributed by atoms with Gasteiger partial charge < -0.3 is 15.2 Å². The molecule has 6 nitrogen and oxygen atoms in total. The molecule has 2 rings (SSSR count). The van der Waals surface area contributed by atoms with Gasteiger partial charge in [-0.15, -0.1) is 0 Å². The fraction of sp³-hybridized carbons (Fsp3) is 0.450. The average molecular weight is 389 g/mol. The van der Waals surface area contributed by atoms with Crippen LogP contribution in [0.15, 0.2) is 34.2 Å². The van der Waals surface area contributed by atoms with Crippen LogP contribution in [0.2, 0.25) is 0 Å². The summed E-state index contributed by atoms with van der Waals surface area (Å²) in [4.78, 5) is 33.7. The number of aromatic nitrogens is 2. The van der Waals surface area contributed by atoms with Gasteiger partial charge in [-0.2, -0.15) is 0 Å². The van der Waals surface area contributed by atoms with E-state index in [0.29, 0.717) is 28.9 Å². The van der Waals surface area contributed by atoms with Gasteiger partial charge >= 0.3 is 0 Å². The van der Waals surface area contributed by atoms with Crippen molar-refractivity contribution >= 4 is 29.0 Å². The van der Waals surface area contributed by atoms with Crippen LogP contribution in [0.1, 0.15) is 38.4 Å². The van der Waals surface area contributed by atoms with E-state index in [-0.39, 0.29) is 17.9 Å². The lowest BCUT2D eigenvalue weighted by molar-refractivity contribution is -0.116. The van der Waals surface area contributed by atoms with E-state index in [9.17, 15) is 9.59 Å². The van der Waals surface area contributed by atoms with Crippen molar-refractivity contribution in [1.29, 1.82) is 0 Å². The first-order valence-electron chi connectivity index (χ1n) is 9.16. The van der Waals surface area contributed by atoms with Gasteiger partial charge in [-0.05, 0) is 64.6 Å². The van der Waals surface area contributed by atoms with Crippen molar-refractivity contribution in [2.45, 2.75) is 51.7 Å². The highest BCUT2D eigenvalue weighted by Gasteiger charge is 2.12. The Balaban J connectivity index is 1.97. The Kier molecular flexibility index (Phi) is 7.47. The number of benzene rings is 1. The van der Waals surface area contributed by atoms with Gasteiger partial charge in [-0.1, -0.05) is 11.8 Å². The summed E-state index contributed by atoms with van der Waals surface area (Å²) in [5.74, 6) is -0.119. The van der Waals surface area contributed by atoms with Gasteiger partial charge in [0.1, 0.15) is 0 Å². The normalized spacial score (nSPS) is 10.9.